The summed E-state index contributed by atoms with van der Waals surface area (Å²) in [7, 11) is 0. The molecule has 9 heavy (non-hydrogen) atoms. The molecule has 0 aromatic carbocycles. The highest BCUT2D eigenvalue weighted by atomic mass is 16.3. The largest absolute Gasteiger partial charge is 0.396 e. The standard InChI is InChI=1S/C6H11NO2/c8-5-2-6(9)7-3-1-4-7/h8H,1-5H2. The second-order valence-electron chi connectivity index (χ2n) is 2.21. The van der Waals surface area contributed by atoms with Crippen LogP contribution in [0, 0.1) is 0 Å². The molecular formula is C6H11NO2. The van der Waals surface area contributed by atoms with E-state index in [1.54, 1.807) is 4.90 Å². The van der Waals surface area contributed by atoms with Crippen molar-refractivity contribution in [2.75, 3.05) is 19.7 Å². The van der Waals surface area contributed by atoms with Gasteiger partial charge in [0.15, 0.2) is 0 Å². The van der Waals surface area contributed by atoms with Crippen molar-refractivity contribution in [3.8, 4) is 0 Å². The zero-order valence-electron chi connectivity index (χ0n) is 5.34. The maximum Gasteiger partial charge on any atom is 0.224 e. The van der Waals surface area contributed by atoms with E-state index in [0.717, 1.165) is 19.5 Å². The smallest absolute Gasteiger partial charge is 0.224 e. The Morgan fingerprint density at radius 3 is 2.56 bits per heavy atom. The summed E-state index contributed by atoms with van der Waals surface area (Å²) < 4.78 is 0. The molecule has 0 atom stereocenters. The maximum absolute atomic E-state index is 10.8. The summed E-state index contributed by atoms with van der Waals surface area (Å²) in [4.78, 5) is 12.6. The van der Waals surface area contributed by atoms with Gasteiger partial charge < -0.3 is 10.0 Å². The molecule has 0 bridgehead atoms. The SMILES string of the molecule is O=C(CCO)N1CCC1. The molecule has 1 saturated heterocycles. The molecule has 0 radical (unpaired) electrons. The fourth-order valence-electron chi connectivity index (χ4n) is 0.819. The lowest BCUT2D eigenvalue weighted by atomic mass is 10.2. The van der Waals surface area contributed by atoms with Crippen LogP contribution in [0.3, 0.4) is 0 Å². The van der Waals surface area contributed by atoms with Gasteiger partial charge in [-0.15, -0.1) is 0 Å². The van der Waals surface area contributed by atoms with Gasteiger partial charge in [-0.3, -0.25) is 4.79 Å². The molecule has 0 aromatic heterocycles. The molecule has 1 aliphatic heterocycles. The van der Waals surface area contributed by atoms with E-state index in [1.807, 2.05) is 0 Å². The highest BCUT2D eigenvalue weighted by molar-refractivity contribution is 5.76. The van der Waals surface area contributed by atoms with E-state index in [4.69, 9.17) is 5.11 Å². The second-order valence-corrected chi connectivity index (χ2v) is 2.21. The third-order valence-corrected chi connectivity index (χ3v) is 1.53. The molecule has 1 fully saturated rings. The molecule has 0 aliphatic carbocycles. The van der Waals surface area contributed by atoms with E-state index < -0.39 is 0 Å². The first-order chi connectivity index (χ1) is 4.34. The summed E-state index contributed by atoms with van der Waals surface area (Å²) in [5.41, 5.74) is 0. The molecule has 3 nitrogen and oxygen atoms in total. The third kappa shape index (κ3) is 1.42. The summed E-state index contributed by atoms with van der Waals surface area (Å²) in [6.45, 7) is 1.76. The van der Waals surface area contributed by atoms with Gasteiger partial charge in [-0.2, -0.15) is 0 Å². The van der Waals surface area contributed by atoms with Gasteiger partial charge in [0, 0.05) is 19.5 Å². The van der Waals surface area contributed by atoms with Crippen LogP contribution >= 0.6 is 0 Å². The molecule has 1 amide bonds. The highest BCUT2D eigenvalue weighted by Gasteiger charge is 2.18. The summed E-state index contributed by atoms with van der Waals surface area (Å²) in [5.74, 6) is 0.0868. The number of aliphatic hydroxyl groups is 1. The van der Waals surface area contributed by atoms with Gasteiger partial charge in [0.2, 0.25) is 5.91 Å². The number of likely N-dealkylation sites (tertiary alicyclic amines) is 1. The Morgan fingerprint density at radius 1 is 1.56 bits per heavy atom. The molecule has 0 saturated carbocycles. The monoisotopic (exact) mass is 129 g/mol. The lowest BCUT2D eigenvalue weighted by Gasteiger charge is -2.30. The Hall–Kier alpha value is -0.570. The Labute approximate surface area is 54.3 Å². The number of aliphatic hydroxyl groups excluding tert-OH is 1. The maximum atomic E-state index is 10.8. The van der Waals surface area contributed by atoms with Gasteiger partial charge in [0.1, 0.15) is 0 Å². The lowest BCUT2D eigenvalue weighted by molar-refractivity contribution is -0.135. The van der Waals surface area contributed by atoms with E-state index >= 15 is 0 Å². The third-order valence-electron chi connectivity index (χ3n) is 1.53. The van der Waals surface area contributed by atoms with Crippen LogP contribution in [0.15, 0.2) is 0 Å². The molecule has 0 spiro atoms. The number of carbonyl (C=O) groups excluding carboxylic acids is 1. The summed E-state index contributed by atoms with van der Waals surface area (Å²) in [6, 6.07) is 0. The summed E-state index contributed by atoms with van der Waals surface area (Å²) in [5, 5.41) is 8.36. The van der Waals surface area contributed by atoms with Gasteiger partial charge in [-0.25, -0.2) is 0 Å². The van der Waals surface area contributed by atoms with Crippen LogP contribution in [-0.4, -0.2) is 35.6 Å². The van der Waals surface area contributed by atoms with Crippen LogP contribution in [0.25, 0.3) is 0 Å². The molecule has 3 heteroatoms. The van der Waals surface area contributed by atoms with E-state index in [0.29, 0.717) is 6.42 Å². The number of rotatable bonds is 2. The van der Waals surface area contributed by atoms with Crippen molar-refractivity contribution in [3.63, 3.8) is 0 Å². The predicted molar refractivity (Wildman–Crippen MR) is 32.9 cm³/mol. The van der Waals surface area contributed by atoms with Crippen LogP contribution in [0.1, 0.15) is 12.8 Å². The van der Waals surface area contributed by atoms with E-state index in [9.17, 15) is 4.79 Å². The average Bonchev–Trinajstić information content (AvgIpc) is 1.60. The predicted octanol–water partition coefficient (Wildman–Crippen LogP) is -0.399. The van der Waals surface area contributed by atoms with Gasteiger partial charge >= 0.3 is 0 Å². The van der Waals surface area contributed by atoms with Crippen molar-refractivity contribution in [2.24, 2.45) is 0 Å². The Kier molecular flexibility index (Phi) is 2.05. The number of carbonyl (C=O) groups is 1. The zero-order chi connectivity index (χ0) is 6.69. The topological polar surface area (TPSA) is 40.5 Å². The lowest BCUT2D eigenvalue weighted by Crippen LogP contribution is -2.42. The minimum Gasteiger partial charge on any atom is -0.396 e. The fraction of sp³-hybridized carbons (Fsp3) is 0.833. The van der Waals surface area contributed by atoms with Crippen LogP contribution in [-0.2, 0) is 4.79 Å². The second kappa shape index (κ2) is 2.82. The fourth-order valence-corrected chi connectivity index (χ4v) is 0.819. The van der Waals surface area contributed by atoms with Crippen molar-refractivity contribution in [2.45, 2.75) is 12.8 Å². The first-order valence-corrected chi connectivity index (χ1v) is 3.23. The quantitative estimate of drug-likeness (QED) is 0.551. The zero-order valence-corrected chi connectivity index (χ0v) is 5.34. The number of hydrogen-bond acceptors (Lipinski definition) is 2. The normalized spacial score (nSPS) is 17.2. The first-order valence-electron chi connectivity index (χ1n) is 3.23. The van der Waals surface area contributed by atoms with Crippen molar-refractivity contribution >= 4 is 5.91 Å². The first kappa shape index (κ1) is 6.55. The van der Waals surface area contributed by atoms with E-state index in [1.165, 1.54) is 0 Å². The van der Waals surface area contributed by atoms with Gasteiger partial charge in [0.05, 0.1) is 6.61 Å². The average molecular weight is 129 g/mol. The van der Waals surface area contributed by atoms with E-state index in [2.05, 4.69) is 0 Å². The van der Waals surface area contributed by atoms with Gasteiger partial charge in [-0.05, 0) is 6.42 Å². The van der Waals surface area contributed by atoms with Crippen molar-refractivity contribution in [1.29, 1.82) is 0 Å². The number of amides is 1. The minimum atomic E-state index is -0.0185. The number of hydrogen-bond donors (Lipinski definition) is 1. The van der Waals surface area contributed by atoms with Crippen LogP contribution in [0.4, 0.5) is 0 Å². The van der Waals surface area contributed by atoms with Crippen molar-refractivity contribution in [1.82, 2.24) is 4.90 Å². The molecule has 1 aliphatic rings. The van der Waals surface area contributed by atoms with Crippen molar-refractivity contribution in [3.05, 3.63) is 0 Å². The highest BCUT2D eigenvalue weighted by Crippen LogP contribution is 2.06. The minimum absolute atomic E-state index is 0.0185. The van der Waals surface area contributed by atoms with Crippen molar-refractivity contribution < 1.29 is 9.90 Å². The van der Waals surface area contributed by atoms with Gasteiger partial charge in [-0.1, -0.05) is 0 Å². The Morgan fingerprint density at radius 2 is 2.22 bits per heavy atom. The van der Waals surface area contributed by atoms with Gasteiger partial charge in [0.25, 0.3) is 0 Å². The molecular weight excluding hydrogens is 118 g/mol. The molecule has 0 unspecified atom stereocenters. The van der Waals surface area contributed by atoms with Crippen LogP contribution in [0.5, 0.6) is 0 Å². The van der Waals surface area contributed by atoms with E-state index in [-0.39, 0.29) is 12.5 Å². The molecule has 1 rings (SSSR count). The summed E-state index contributed by atoms with van der Waals surface area (Å²) in [6.07, 6.45) is 1.41. The Bertz CT molecular complexity index is 110. The van der Waals surface area contributed by atoms with Crippen LogP contribution in [0.2, 0.25) is 0 Å². The summed E-state index contributed by atoms with van der Waals surface area (Å²) >= 11 is 0. The molecule has 1 N–H and O–H groups in total. The molecule has 0 aromatic rings. The van der Waals surface area contributed by atoms with Crippen LogP contribution < -0.4 is 0 Å². The molecule has 52 valence electrons. The Balaban J connectivity index is 2.16. The molecule has 1 heterocycles. The number of nitrogens with zero attached hydrogens (tertiary/aromatic N) is 1.